The van der Waals surface area contributed by atoms with Crippen molar-refractivity contribution in [2.24, 2.45) is 0 Å². The van der Waals surface area contributed by atoms with Crippen LogP contribution in [-0.2, 0) is 12.7 Å². The summed E-state index contributed by atoms with van der Waals surface area (Å²) in [6.07, 6.45) is 3.89. The van der Waals surface area contributed by atoms with Gasteiger partial charge in [-0.05, 0) is 25.0 Å². The molecule has 0 atom stereocenters. The van der Waals surface area contributed by atoms with Crippen molar-refractivity contribution >= 4 is 17.2 Å². The Bertz CT molecular complexity index is 1410. The van der Waals surface area contributed by atoms with E-state index in [2.05, 4.69) is 30.5 Å². The summed E-state index contributed by atoms with van der Waals surface area (Å²) in [5, 5.41) is 9.37. The van der Waals surface area contributed by atoms with Gasteiger partial charge >= 0.3 is 11.9 Å². The summed E-state index contributed by atoms with van der Waals surface area (Å²) in [5.74, 6) is -0.551. The first-order valence-electron chi connectivity index (χ1n) is 10.9. The number of anilines is 1. The third-order valence-corrected chi connectivity index (χ3v) is 6.85. The molecule has 5 rings (SSSR count). The molecular formula is C22H20F3N7O2S. The van der Waals surface area contributed by atoms with E-state index in [1.54, 1.807) is 6.07 Å². The minimum absolute atomic E-state index is 0.0307. The van der Waals surface area contributed by atoms with E-state index >= 15 is 0 Å². The van der Waals surface area contributed by atoms with Crippen LogP contribution < -0.4 is 16.8 Å². The summed E-state index contributed by atoms with van der Waals surface area (Å²) in [4.78, 5) is 23.7. The fraction of sp³-hybridized carbons (Fsp3) is 0.318. The van der Waals surface area contributed by atoms with E-state index in [1.807, 2.05) is 0 Å². The molecule has 1 fully saturated rings. The van der Waals surface area contributed by atoms with Crippen LogP contribution in [0.5, 0.6) is 0 Å². The molecule has 35 heavy (non-hydrogen) atoms. The van der Waals surface area contributed by atoms with Crippen LogP contribution in [0.2, 0.25) is 0 Å². The molecule has 0 aromatic carbocycles. The molecule has 4 heterocycles. The highest BCUT2D eigenvalue weighted by atomic mass is 32.1. The smallest absolute Gasteiger partial charge is 0.388 e. The number of halogens is 3. The normalized spacial score (nSPS) is 14.6. The number of thiazole rings is 1. The maximum absolute atomic E-state index is 13.8. The van der Waals surface area contributed by atoms with Crippen LogP contribution in [0.1, 0.15) is 36.3 Å². The van der Waals surface area contributed by atoms with E-state index in [1.165, 1.54) is 24.7 Å². The third kappa shape index (κ3) is 4.95. The van der Waals surface area contributed by atoms with Crippen LogP contribution in [0.4, 0.5) is 19.0 Å². The van der Waals surface area contributed by atoms with Crippen molar-refractivity contribution in [1.82, 2.24) is 30.5 Å². The zero-order chi connectivity index (χ0) is 24.6. The number of pyridine rings is 2. The van der Waals surface area contributed by atoms with Crippen LogP contribution in [0, 0.1) is 0 Å². The molecule has 1 aliphatic carbocycles. The van der Waals surface area contributed by atoms with Crippen molar-refractivity contribution < 1.29 is 17.6 Å². The van der Waals surface area contributed by atoms with Crippen LogP contribution in [0.3, 0.4) is 0 Å². The SMILES string of the molecule is Nc1cc(-c2nc(C(F)(F)F)c(CNC3CCCC3)s2)c(-c2cncc(-c3n[nH]c(=O)o3)c2)cn1. The standard InChI is InChI=1S/C22H20F3N7O2S/c23-22(24,25)18-16(10-28-13-3-1-2-4-13)35-20(30-18)14-6-17(26)29-9-15(14)11-5-12(8-27-7-11)19-31-32-21(33)34-19/h5-9,13,28H,1-4,10H2,(H2,26,29)(H,32,33). The van der Waals surface area contributed by atoms with Crippen LogP contribution in [-0.4, -0.2) is 31.2 Å². The lowest BCUT2D eigenvalue weighted by atomic mass is 10.0. The molecule has 0 amide bonds. The van der Waals surface area contributed by atoms with E-state index in [9.17, 15) is 18.0 Å². The lowest BCUT2D eigenvalue weighted by Gasteiger charge is -2.12. The Kier molecular flexibility index (Phi) is 6.11. The van der Waals surface area contributed by atoms with Gasteiger partial charge in [-0.1, -0.05) is 12.8 Å². The average Bonchev–Trinajstić information content (AvgIpc) is 3.58. The van der Waals surface area contributed by atoms with Crippen molar-refractivity contribution in [3.63, 3.8) is 0 Å². The number of nitrogens with one attached hydrogen (secondary N) is 2. The quantitative estimate of drug-likeness (QED) is 0.355. The van der Waals surface area contributed by atoms with Gasteiger partial charge in [0.1, 0.15) is 10.8 Å². The minimum atomic E-state index is -4.60. The van der Waals surface area contributed by atoms with E-state index in [4.69, 9.17) is 10.2 Å². The van der Waals surface area contributed by atoms with Gasteiger partial charge in [-0.3, -0.25) is 4.98 Å². The van der Waals surface area contributed by atoms with Gasteiger partial charge in [-0.2, -0.15) is 13.2 Å². The molecular weight excluding hydrogens is 483 g/mol. The zero-order valence-corrected chi connectivity index (χ0v) is 19.0. The molecule has 4 aromatic heterocycles. The molecule has 4 aromatic rings. The van der Waals surface area contributed by atoms with E-state index in [-0.39, 0.29) is 34.2 Å². The molecule has 1 saturated carbocycles. The first kappa shape index (κ1) is 23.2. The third-order valence-electron chi connectivity index (χ3n) is 5.76. The van der Waals surface area contributed by atoms with Crippen LogP contribution in [0.25, 0.3) is 33.2 Å². The van der Waals surface area contributed by atoms with Crippen molar-refractivity contribution in [3.05, 3.63) is 51.8 Å². The second kappa shape index (κ2) is 9.23. The van der Waals surface area contributed by atoms with E-state index in [0.29, 0.717) is 22.3 Å². The lowest BCUT2D eigenvalue weighted by Crippen LogP contribution is -2.26. The number of nitrogens with zero attached hydrogens (tertiary/aromatic N) is 4. The van der Waals surface area contributed by atoms with Gasteiger partial charge in [0.2, 0.25) is 0 Å². The fourth-order valence-electron chi connectivity index (χ4n) is 4.11. The Labute approximate surface area is 200 Å². The summed E-state index contributed by atoms with van der Waals surface area (Å²) in [5.41, 5.74) is 6.77. The van der Waals surface area contributed by atoms with Crippen LogP contribution in [0.15, 0.2) is 39.9 Å². The molecule has 0 aliphatic heterocycles. The Hall–Kier alpha value is -3.58. The summed E-state index contributed by atoms with van der Waals surface area (Å²) < 4.78 is 46.5. The molecule has 0 bridgehead atoms. The molecule has 0 unspecified atom stereocenters. The van der Waals surface area contributed by atoms with Gasteiger partial charge in [0.25, 0.3) is 5.89 Å². The summed E-state index contributed by atoms with van der Waals surface area (Å²) in [6.45, 7) is 0.0856. The van der Waals surface area contributed by atoms with Crippen molar-refractivity contribution in [1.29, 1.82) is 0 Å². The van der Waals surface area contributed by atoms with Crippen molar-refractivity contribution in [3.8, 4) is 33.2 Å². The number of nitrogens with two attached hydrogens (primary N) is 1. The molecule has 0 saturated heterocycles. The number of nitrogen functional groups attached to an aromatic ring is 1. The van der Waals surface area contributed by atoms with Gasteiger partial charge in [0.15, 0.2) is 5.69 Å². The zero-order valence-electron chi connectivity index (χ0n) is 18.2. The molecule has 13 heteroatoms. The highest BCUT2D eigenvalue weighted by Crippen LogP contribution is 2.41. The predicted molar refractivity (Wildman–Crippen MR) is 123 cm³/mol. The van der Waals surface area contributed by atoms with Crippen LogP contribution >= 0.6 is 11.3 Å². The maximum atomic E-state index is 13.8. The maximum Gasteiger partial charge on any atom is 0.434 e. The summed E-state index contributed by atoms with van der Waals surface area (Å²) in [6, 6.07) is 3.35. The van der Waals surface area contributed by atoms with Gasteiger partial charge in [0.05, 0.1) is 10.4 Å². The monoisotopic (exact) mass is 503 g/mol. The Morgan fingerprint density at radius 2 is 1.91 bits per heavy atom. The molecule has 9 nitrogen and oxygen atoms in total. The first-order chi connectivity index (χ1) is 16.8. The highest BCUT2D eigenvalue weighted by Gasteiger charge is 2.38. The number of H-pyrrole nitrogens is 1. The van der Waals surface area contributed by atoms with Gasteiger partial charge in [-0.25, -0.2) is 19.9 Å². The van der Waals surface area contributed by atoms with Gasteiger partial charge < -0.3 is 15.5 Å². The Morgan fingerprint density at radius 3 is 2.63 bits per heavy atom. The van der Waals surface area contributed by atoms with Crippen molar-refractivity contribution in [2.75, 3.05) is 5.73 Å². The largest absolute Gasteiger partial charge is 0.434 e. The highest BCUT2D eigenvalue weighted by molar-refractivity contribution is 7.15. The van der Waals surface area contributed by atoms with Gasteiger partial charge in [-0.15, -0.1) is 16.4 Å². The Balaban J connectivity index is 1.56. The predicted octanol–water partition coefficient (Wildman–Crippen LogP) is 4.24. The average molecular weight is 504 g/mol. The molecule has 182 valence electrons. The summed E-state index contributed by atoms with van der Waals surface area (Å²) in [7, 11) is 0. The second-order valence-corrected chi connectivity index (χ2v) is 9.27. The van der Waals surface area contributed by atoms with Gasteiger partial charge in [0, 0.05) is 47.9 Å². The van der Waals surface area contributed by atoms with Crippen molar-refractivity contribution in [2.45, 2.75) is 44.4 Å². The number of hydrogen-bond acceptors (Lipinski definition) is 9. The first-order valence-corrected chi connectivity index (χ1v) is 11.7. The number of hydrogen-bond donors (Lipinski definition) is 3. The lowest BCUT2D eigenvalue weighted by molar-refractivity contribution is -0.141. The van der Waals surface area contributed by atoms with E-state index < -0.39 is 17.6 Å². The number of alkyl halides is 3. The van der Waals surface area contributed by atoms with E-state index in [0.717, 1.165) is 37.0 Å². The topological polar surface area (TPSA) is 136 Å². The second-order valence-electron chi connectivity index (χ2n) is 8.19. The molecule has 1 aliphatic rings. The molecule has 0 radical (unpaired) electrons. The number of aromatic amines is 1. The summed E-state index contributed by atoms with van der Waals surface area (Å²) >= 11 is 0.970. The fourth-order valence-corrected chi connectivity index (χ4v) is 5.17. The number of aromatic nitrogens is 5. The molecule has 0 spiro atoms. The number of rotatable bonds is 6. The Morgan fingerprint density at radius 1 is 1.14 bits per heavy atom. The molecule has 4 N–H and O–H groups in total. The minimum Gasteiger partial charge on any atom is -0.388 e.